The van der Waals surface area contributed by atoms with E-state index in [4.69, 9.17) is 0 Å². The predicted molar refractivity (Wildman–Crippen MR) is 105 cm³/mol. The molecule has 4 aliphatic carbocycles. The smallest absolute Gasteiger partial charge is 0.0642 e. The summed E-state index contributed by atoms with van der Waals surface area (Å²) < 4.78 is 0. The Kier molecular flexibility index (Phi) is 4.63. The van der Waals surface area contributed by atoms with Crippen LogP contribution in [0.25, 0.3) is 0 Å². The van der Waals surface area contributed by atoms with Crippen LogP contribution in [0.1, 0.15) is 85.0 Å². The lowest BCUT2D eigenvalue weighted by molar-refractivity contribution is -0.126. The molecule has 0 aromatic carbocycles. The molecule has 0 heterocycles. The van der Waals surface area contributed by atoms with E-state index in [9.17, 15) is 5.11 Å². The second kappa shape index (κ2) is 6.39. The molecule has 0 bridgehead atoms. The molecule has 4 fully saturated rings. The highest BCUT2D eigenvalue weighted by atomic mass is 16.3. The van der Waals surface area contributed by atoms with Crippen molar-refractivity contribution in [2.45, 2.75) is 85.0 Å². The molecule has 0 spiro atoms. The summed E-state index contributed by atoms with van der Waals surface area (Å²) in [6.45, 7) is 12.0. The Morgan fingerprint density at radius 1 is 1.04 bits per heavy atom. The fraction of sp³-hybridized carbons (Fsp3) is 0.917. The van der Waals surface area contributed by atoms with E-state index in [1.54, 1.807) is 0 Å². The number of fused-ring (bicyclic) bond motifs is 5. The lowest BCUT2D eigenvalue weighted by Crippen LogP contribution is -2.54. The third-order valence-electron chi connectivity index (χ3n) is 9.98. The molecule has 0 saturated heterocycles. The van der Waals surface area contributed by atoms with Gasteiger partial charge < -0.3 is 5.11 Å². The van der Waals surface area contributed by atoms with Crippen LogP contribution in [0.15, 0.2) is 12.2 Å². The molecule has 142 valence electrons. The first-order chi connectivity index (χ1) is 12.0. The SMILES string of the molecule is C=C(CO)C1CCC2C3CCC4CC(C)CCC4(CC)C3CCC12C. The third kappa shape index (κ3) is 2.51. The van der Waals surface area contributed by atoms with E-state index in [0.717, 1.165) is 35.2 Å². The van der Waals surface area contributed by atoms with E-state index in [2.05, 4.69) is 27.4 Å². The van der Waals surface area contributed by atoms with E-state index in [0.29, 0.717) is 16.7 Å². The van der Waals surface area contributed by atoms with Gasteiger partial charge in [0.1, 0.15) is 0 Å². The minimum atomic E-state index is 0.194. The van der Waals surface area contributed by atoms with E-state index in [-0.39, 0.29) is 6.61 Å². The van der Waals surface area contributed by atoms with Gasteiger partial charge >= 0.3 is 0 Å². The lowest BCUT2D eigenvalue weighted by Gasteiger charge is -2.62. The molecule has 0 aromatic rings. The summed E-state index contributed by atoms with van der Waals surface area (Å²) in [4.78, 5) is 0. The van der Waals surface area contributed by atoms with Gasteiger partial charge in [-0.25, -0.2) is 0 Å². The summed E-state index contributed by atoms with van der Waals surface area (Å²) in [5, 5.41) is 9.69. The molecule has 1 heteroatoms. The summed E-state index contributed by atoms with van der Waals surface area (Å²) >= 11 is 0. The van der Waals surface area contributed by atoms with Crippen LogP contribution >= 0.6 is 0 Å². The Bertz CT molecular complexity index is 524. The van der Waals surface area contributed by atoms with Gasteiger partial charge in [0.2, 0.25) is 0 Å². The summed E-state index contributed by atoms with van der Waals surface area (Å²) in [7, 11) is 0. The van der Waals surface area contributed by atoms with Crippen LogP contribution in [-0.4, -0.2) is 11.7 Å². The number of hydrogen-bond acceptors (Lipinski definition) is 1. The molecule has 4 rings (SSSR count). The molecule has 0 aromatic heterocycles. The van der Waals surface area contributed by atoms with Gasteiger partial charge in [0.25, 0.3) is 0 Å². The normalized spacial score (nSPS) is 52.2. The van der Waals surface area contributed by atoms with Crippen molar-refractivity contribution in [1.82, 2.24) is 0 Å². The fourth-order valence-corrected chi connectivity index (χ4v) is 8.76. The summed E-state index contributed by atoms with van der Waals surface area (Å²) in [6.07, 6.45) is 14.4. The zero-order valence-corrected chi connectivity index (χ0v) is 16.9. The first-order valence-corrected chi connectivity index (χ1v) is 11.2. The monoisotopic (exact) mass is 344 g/mol. The van der Waals surface area contributed by atoms with Gasteiger partial charge in [0, 0.05) is 0 Å². The number of rotatable bonds is 3. The van der Waals surface area contributed by atoms with E-state index >= 15 is 0 Å². The average molecular weight is 345 g/mol. The van der Waals surface area contributed by atoms with Crippen molar-refractivity contribution in [3.63, 3.8) is 0 Å². The van der Waals surface area contributed by atoms with Crippen LogP contribution in [0.2, 0.25) is 0 Å². The van der Waals surface area contributed by atoms with Gasteiger partial charge in [-0.15, -0.1) is 0 Å². The maximum absolute atomic E-state index is 9.69. The fourth-order valence-electron chi connectivity index (χ4n) is 8.76. The first-order valence-electron chi connectivity index (χ1n) is 11.2. The molecule has 8 unspecified atom stereocenters. The molecule has 8 atom stereocenters. The Labute approximate surface area is 155 Å². The number of hydrogen-bond donors (Lipinski definition) is 1. The van der Waals surface area contributed by atoms with Gasteiger partial charge in [-0.2, -0.15) is 0 Å². The van der Waals surface area contributed by atoms with E-state index in [1.165, 1.54) is 64.2 Å². The van der Waals surface area contributed by atoms with Crippen LogP contribution in [0.5, 0.6) is 0 Å². The second-order valence-corrected chi connectivity index (χ2v) is 10.6. The quantitative estimate of drug-likeness (QED) is 0.603. The zero-order valence-electron chi connectivity index (χ0n) is 16.9. The molecule has 4 aliphatic rings. The summed E-state index contributed by atoms with van der Waals surface area (Å²) in [6, 6.07) is 0. The standard InChI is InChI=1S/C24H40O/c1-5-24-13-10-16(2)14-18(24)6-7-19-21-9-8-20(17(3)15-25)23(21,4)12-11-22(19)24/h16,18-22,25H,3,5-15H2,1-2,4H3. The third-order valence-corrected chi connectivity index (χ3v) is 9.98. The molecular weight excluding hydrogens is 304 g/mol. The van der Waals surface area contributed by atoms with Crippen molar-refractivity contribution < 1.29 is 5.11 Å². The Hall–Kier alpha value is -0.300. The van der Waals surface area contributed by atoms with Gasteiger partial charge in [0.15, 0.2) is 0 Å². The highest BCUT2D eigenvalue weighted by Crippen LogP contribution is 2.69. The Morgan fingerprint density at radius 2 is 1.84 bits per heavy atom. The Morgan fingerprint density at radius 3 is 2.56 bits per heavy atom. The van der Waals surface area contributed by atoms with Crippen molar-refractivity contribution in [3.05, 3.63) is 12.2 Å². The topological polar surface area (TPSA) is 20.2 Å². The molecular formula is C24H40O. The second-order valence-electron chi connectivity index (χ2n) is 10.6. The zero-order chi connectivity index (χ0) is 17.8. The molecule has 1 nitrogen and oxygen atoms in total. The molecule has 0 amide bonds. The molecule has 25 heavy (non-hydrogen) atoms. The van der Waals surface area contributed by atoms with Crippen molar-refractivity contribution in [2.75, 3.05) is 6.61 Å². The Balaban J connectivity index is 1.62. The van der Waals surface area contributed by atoms with Crippen molar-refractivity contribution in [2.24, 2.45) is 46.3 Å². The maximum atomic E-state index is 9.69. The number of aliphatic hydroxyl groups is 1. The van der Waals surface area contributed by atoms with Crippen molar-refractivity contribution in [3.8, 4) is 0 Å². The summed E-state index contributed by atoms with van der Waals surface area (Å²) in [5.74, 6) is 5.38. The molecule has 1 N–H and O–H groups in total. The minimum absolute atomic E-state index is 0.194. The van der Waals surface area contributed by atoms with Crippen LogP contribution in [-0.2, 0) is 0 Å². The van der Waals surface area contributed by atoms with Crippen molar-refractivity contribution in [1.29, 1.82) is 0 Å². The van der Waals surface area contributed by atoms with Gasteiger partial charge in [-0.05, 0) is 110 Å². The largest absolute Gasteiger partial charge is 0.392 e. The summed E-state index contributed by atoms with van der Waals surface area (Å²) in [5.41, 5.74) is 2.21. The van der Waals surface area contributed by atoms with E-state index < -0.39 is 0 Å². The van der Waals surface area contributed by atoms with Crippen LogP contribution in [0, 0.1) is 46.3 Å². The predicted octanol–water partition coefficient (Wildman–Crippen LogP) is 6.22. The molecule has 0 radical (unpaired) electrons. The van der Waals surface area contributed by atoms with Crippen LogP contribution < -0.4 is 0 Å². The highest BCUT2D eigenvalue weighted by molar-refractivity contribution is 5.16. The maximum Gasteiger partial charge on any atom is 0.0642 e. The molecule has 4 saturated carbocycles. The van der Waals surface area contributed by atoms with Gasteiger partial charge in [-0.3, -0.25) is 0 Å². The van der Waals surface area contributed by atoms with E-state index in [1.807, 2.05) is 0 Å². The number of aliphatic hydroxyl groups excluding tert-OH is 1. The average Bonchev–Trinajstić information content (AvgIpc) is 2.98. The van der Waals surface area contributed by atoms with Crippen LogP contribution in [0.4, 0.5) is 0 Å². The minimum Gasteiger partial charge on any atom is -0.392 e. The van der Waals surface area contributed by atoms with Gasteiger partial charge in [-0.1, -0.05) is 33.8 Å². The van der Waals surface area contributed by atoms with Crippen LogP contribution in [0.3, 0.4) is 0 Å². The first kappa shape index (κ1) is 18.1. The lowest BCUT2D eigenvalue weighted by atomic mass is 9.43. The highest BCUT2D eigenvalue weighted by Gasteiger charge is 2.60. The van der Waals surface area contributed by atoms with Crippen molar-refractivity contribution >= 4 is 0 Å². The molecule has 0 aliphatic heterocycles. The van der Waals surface area contributed by atoms with Gasteiger partial charge in [0.05, 0.1) is 6.61 Å².